The summed E-state index contributed by atoms with van der Waals surface area (Å²) in [5.41, 5.74) is 1.11. The van der Waals surface area contributed by atoms with Gasteiger partial charge in [0.05, 0.1) is 12.1 Å². The van der Waals surface area contributed by atoms with Crippen LogP contribution in [0.3, 0.4) is 0 Å². The van der Waals surface area contributed by atoms with E-state index in [1.165, 1.54) is 11.9 Å². The van der Waals surface area contributed by atoms with Crippen molar-refractivity contribution in [2.45, 2.75) is 40.3 Å². The van der Waals surface area contributed by atoms with Crippen LogP contribution in [0.4, 0.5) is 4.79 Å². The number of urea groups is 1. The Kier molecular flexibility index (Phi) is 10.4. The number of hydrogen-bond donors (Lipinski definition) is 2. The minimum Gasteiger partial charge on any atom is -0.452 e. The van der Waals surface area contributed by atoms with Crippen LogP contribution < -0.4 is 10.6 Å². The van der Waals surface area contributed by atoms with Gasteiger partial charge in [0.25, 0.3) is 5.91 Å². The van der Waals surface area contributed by atoms with Gasteiger partial charge in [-0.25, -0.2) is 9.59 Å². The lowest BCUT2D eigenvalue weighted by Crippen LogP contribution is -2.42. The highest BCUT2D eigenvalue weighted by Crippen LogP contribution is 2.06. The summed E-state index contributed by atoms with van der Waals surface area (Å²) in [6.07, 6.45) is 0. The van der Waals surface area contributed by atoms with E-state index in [1.54, 1.807) is 29.2 Å². The van der Waals surface area contributed by atoms with Crippen LogP contribution in [0.15, 0.2) is 24.3 Å². The molecule has 9 heteroatoms. The van der Waals surface area contributed by atoms with Gasteiger partial charge in [-0.1, -0.05) is 12.1 Å². The number of rotatable bonds is 10. The van der Waals surface area contributed by atoms with Crippen molar-refractivity contribution < 1.29 is 23.9 Å². The van der Waals surface area contributed by atoms with Crippen molar-refractivity contribution in [1.29, 1.82) is 0 Å². The lowest BCUT2D eigenvalue weighted by atomic mass is 10.1. The number of nitrogens with zero attached hydrogens (tertiary/aromatic N) is 2. The zero-order chi connectivity index (χ0) is 22.7. The van der Waals surface area contributed by atoms with Crippen LogP contribution in [0.25, 0.3) is 0 Å². The molecule has 166 valence electrons. The molecule has 0 saturated heterocycles. The Morgan fingerprint density at radius 1 is 1.00 bits per heavy atom. The standard InChI is InChI=1S/C21H32N4O5/c1-6-25(7-2)18(26)13-24(5)19(27)14-30-20(28)17-10-8-16(9-11-17)12-22-21(29)23-15(3)4/h8-11,15H,6-7,12-14H2,1-5H3,(H2,22,23,29). The quantitative estimate of drug-likeness (QED) is 0.556. The molecule has 0 heterocycles. The Bertz CT molecular complexity index is 729. The van der Waals surface area contributed by atoms with Crippen LogP contribution >= 0.6 is 0 Å². The first kappa shape index (κ1) is 24.9. The number of amides is 4. The fourth-order valence-corrected chi connectivity index (χ4v) is 2.54. The van der Waals surface area contributed by atoms with E-state index in [4.69, 9.17) is 4.74 Å². The van der Waals surface area contributed by atoms with Crippen LogP contribution in [-0.2, 0) is 20.9 Å². The fraction of sp³-hybridized carbons (Fsp3) is 0.524. The second-order valence-electron chi connectivity index (χ2n) is 7.07. The molecule has 0 unspecified atom stereocenters. The van der Waals surface area contributed by atoms with Crippen LogP contribution in [0.5, 0.6) is 0 Å². The number of likely N-dealkylation sites (N-methyl/N-ethyl adjacent to an activating group) is 2. The van der Waals surface area contributed by atoms with Crippen LogP contribution in [0.2, 0.25) is 0 Å². The van der Waals surface area contributed by atoms with Gasteiger partial charge in [-0.15, -0.1) is 0 Å². The molecule has 9 nitrogen and oxygen atoms in total. The average Bonchev–Trinajstić information content (AvgIpc) is 2.70. The van der Waals surface area contributed by atoms with Gasteiger partial charge in [-0.05, 0) is 45.4 Å². The largest absolute Gasteiger partial charge is 0.452 e. The predicted octanol–water partition coefficient (Wildman–Crippen LogP) is 1.38. The molecule has 30 heavy (non-hydrogen) atoms. The summed E-state index contributed by atoms with van der Waals surface area (Å²) in [5.74, 6) is -1.25. The molecule has 1 rings (SSSR count). The minimum atomic E-state index is -0.635. The summed E-state index contributed by atoms with van der Waals surface area (Å²) in [4.78, 5) is 50.8. The average molecular weight is 421 g/mol. The Morgan fingerprint density at radius 2 is 1.60 bits per heavy atom. The van der Waals surface area contributed by atoms with Crippen LogP contribution in [0, 0.1) is 0 Å². The molecule has 0 saturated carbocycles. The van der Waals surface area contributed by atoms with Crippen molar-refractivity contribution >= 4 is 23.8 Å². The number of carbonyl (C=O) groups excluding carboxylic acids is 4. The normalized spacial score (nSPS) is 10.3. The van der Waals surface area contributed by atoms with Gasteiger partial charge in [0.1, 0.15) is 0 Å². The summed E-state index contributed by atoms with van der Waals surface area (Å²) in [7, 11) is 1.49. The number of esters is 1. The number of carbonyl (C=O) groups is 4. The van der Waals surface area contributed by atoms with Crippen molar-refractivity contribution in [3.8, 4) is 0 Å². The smallest absolute Gasteiger partial charge is 0.338 e. The first-order valence-electron chi connectivity index (χ1n) is 10.00. The molecule has 0 atom stereocenters. The predicted molar refractivity (Wildman–Crippen MR) is 113 cm³/mol. The first-order chi connectivity index (χ1) is 14.2. The number of nitrogens with one attached hydrogen (secondary N) is 2. The van der Waals surface area contributed by atoms with Crippen molar-refractivity contribution in [3.05, 3.63) is 35.4 Å². The monoisotopic (exact) mass is 420 g/mol. The van der Waals surface area contributed by atoms with Crippen LogP contribution in [0.1, 0.15) is 43.6 Å². The summed E-state index contributed by atoms with van der Waals surface area (Å²) in [6, 6.07) is 6.30. The fourth-order valence-electron chi connectivity index (χ4n) is 2.54. The topological polar surface area (TPSA) is 108 Å². The van der Waals surface area contributed by atoms with Crippen LogP contribution in [-0.4, -0.2) is 72.9 Å². The van der Waals surface area contributed by atoms with Gasteiger partial charge in [0.15, 0.2) is 6.61 Å². The highest BCUT2D eigenvalue weighted by atomic mass is 16.5. The van der Waals surface area contributed by atoms with Gasteiger partial charge in [0.2, 0.25) is 5.91 Å². The molecule has 0 spiro atoms. The maximum Gasteiger partial charge on any atom is 0.338 e. The third-order valence-corrected chi connectivity index (χ3v) is 4.30. The zero-order valence-corrected chi connectivity index (χ0v) is 18.4. The van der Waals surface area contributed by atoms with E-state index in [-0.39, 0.29) is 24.5 Å². The second-order valence-corrected chi connectivity index (χ2v) is 7.07. The van der Waals surface area contributed by atoms with E-state index in [2.05, 4.69) is 10.6 Å². The Balaban J connectivity index is 2.48. The number of ether oxygens (including phenoxy) is 1. The van der Waals surface area contributed by atoms with Gasteiger partial charge < -0.3 is 25.2 Å². The molecule has 0 radical (unpaired) electrons. The van der Waals surface area contributed by atoms with E-state index < -0.39 is 18.5 Å². The van der Waals surface area contributed by atoms with Gasteiger partial charge in [-0.3, -0.25) is 9.59 Å². The molecule has 2 N–H and O–H groups in total. The SMILES string of the molecule is CCN(CC)C(=O)CN(C)C(=O)COC(=O)c1ccc(CNC(=O)NC(C)C)cc1. The summed E-state index contributed by atoms with van der Waals surface area (Å²) < 4.78 is 5.05. The molecule has 0 bridgehead atoms. The van der Waals surface area contributed by atoms with Gasteiger partial charge in [0, 0.05) is 32.7 Å². The third kappa shape index (κ3) is 8.50. The second kappa shape index (κ2) is 12.5. The van der Waals surface area contributed by atoms with Crippen molar-refractivity contribution in [1.82, 2.24) is 20.4 Å². The Hall–Kier alpha value is -3.10. The molecule has 0 aliphatic carbocycles. The van der Waals surface area contributed by atoms with Gasteiger partial charge >= 0.3 is 12.0 Å². The van der Waals surface area contributed by atoms with Gasteiger partial charge in [-0.2, -0.15) is 0 Å². The highest BCUT2D eigenvalue weighted by molar-refractivity contribution is 5.92. The van der Waals surface area contributed by atoms with E-state index in [0.29, 0.717) is 25.2 Å². The van der Waals surface area contributed by atoms with E-state index in [0.717, 1.165) is 5.56 Å². The number of hydrogen-bond acceptors (Lipinski definition) is 5. The third-order valence-electron chi connectivity index (χ3n) is 4.30. The lowest BCUT2D eigenvalue weighted by Gasteiger charge is -2.23. The number of benzene rings is 1. The summed E-state index contributed by atoms with van der Waals surface area (Å²) in [6.45, 7) is 8.41. The summed E-state index contributed by atoms with van der Waals surface area (Å²) in [5, 5.41) is 5.44. The van der Waals surface area contributed by atoms with E-state index >= 15 is 0 Å². The molecule has 1 aromatic rings. The maximum atomic E-state index is 12.1. The zero-order valence-electron chi connectivity index (χ0n) is 18.4. The molecule has 0 aliphatic heterocycles. The summed E-state index contributed by atoms with van der Waals surface area (Å²) >= 11 is 0. The molecule has 0 fully saturated rings. The lowest BCUT2D eigenvalue weighted by molar-refractivity contribution is -0.140. The molecule has 0 aromatic heterocycles. The highest BCUT2D eigenvalue weighted by Gasteiger charge is 2.18. The van der Waals surface area contributed by atoms with E-state index in [9.17, 15) is 19.2 Å². The molecule has 1 aromatic carbocycles. The molecular weight excluding hydrogens is 388 g/mol. The Morgan fingerprint density at radius 3 is 2.13 bits per heavy atom. The molecular formula is C21H32N4O5. The van der Waals surface area contributed by atoms with Crippen molar-refractivity contribution in [2.75, 3.05) is 33.3 Å². The Labute approximate surface area is 177 Å². The van der Waals surface area contributed by atoms with E-state index in [1.807, 2.05) is 27.7 Å². The van der Waals surface area contributed by atoms with Crippen molar-refractivity contribution in [2.24, 2.45) is 0 Å². The first-order valence-corrected chi connectivity index (χ1v) is 10.00. The maximum absolute atomic E-state index is 12.1. The van der Waals surface area contributed by atoms with Crippen molar-refractivity contribution in [3.63, 3.8) is 0 Å². The molecule has 0 aliphatic rings. The molecule has 4 amide bonds. The minimum absolute atomic E-state index is 0.0410.